The van der Waals surface area contributed by atoms with Gasteiger partial charge in [0.25, 0.3) is 0 Å². The molecule has 0 saturated heterocycles. The molecule has 0 spiro atoms. The van der Waals surface area contributed by atoms with E-state index in [0.29, 0.717) is 27.1 Å². The van der Waals surface area contributed by atoms with E-state index in [1.54, 1.807) is 0 Å². The van der Waals surface area contributed by atoms with Crippen LogP contribution < -0.4 is 0 Å². The minimum absolute atomic E-state index is 0.445. The van der Waals surface area contributed by atoms with Crippen molar-refractivity contribution >= 4 is 0 Å². The highest BCUT2D eigenvalue weighted by atomic mass is 14.8. The van der Waals surface area contributed by atoms with Gasteiger partial charge >= 0.3 is 0 Å². The first-order valence-corrected chi connectivity index (χ1v) is 15.2. The number of hydrogen-bond donors (Lipinski definition) is 0. The van der Waals surface area contributed by atoms with E-state index in [2.05, 4.69) is 89.2 Å². The standard InChI is InChI=1S/C34H60/c1-22(2)14-13-17-30(6,7)26-16-19-33(11)28(26)23(3)20-27-32(10)18-15-25(5)31(8,9)29(32)24(4)21-34(27,33)12/h14,23-29H,13,15-21H2,1-12H3/t23-,24+,25+,26+,27?,28?,29+,32-,33-,34-/m1/s1. The molecule has 4 aliphatic carbocycles. The number of fused-ring (bicyclic) bond motifs is 5. The fourth-order valence-corrected chi connectivity index (χ4v) is 12.1. The molecule has 196 valence electrons. The molecule has 4 saturated carbocycles. The molecular formula is C34H60. The van der Waals surface area contributed by atoms with Gasteiger partial charge < -0.3 is 0 Å². The average Bonchev–Trinajstić information content (AvgIpc) is 3.07. The first-order chi connectivity index (χ1) is 15.5. The van der Waals surface area contributed by atoms with Gasteiger partial charge in [0.05, 0.1) is 0 Å². The van der Waals surface area contributed by atoms with Crippen LogP contribution in [0.3, 0.4) is 0 Å². The lowest BCUT2D eigenvalue weighted by molar-refractivity contribution is -0.243. The summed E-state index contributed by atoms with van der Waals surface area (Å²) in [5, 5.41) is 0. The molecular weight excluding hydrogens is 408 g/mol. The highest BCUT2D eigenvalue weighted by Crippen LogP contribution is 2.78. The van der Waals surface area contributed by atoms with Gasteiger partial charge in [-0.2, -0.15) is 0 Å². The Morgan fingerprint density at radius 3 is 2.15 bits per heavy atom. The van der Waals surface area contributed by atoms with E-state index in [0.717, 1.165) is 41.4 Å². The van der Waals surface area contributed by atoms with Gasteiger partial charge in [0, 0.05) is 0 Å². The summed E-state index contributed by atoms with van der Waals surface area (Å²) >= 11 is 0. The summed E-state index contributed by atoms with van der Waals surface area (Å²) in [5.41, 5.74) is 3.92. The van der Waals surface area contributed by atoms with Crippen LogP contribution in [0.2, 0.25) is 0 Å². The van der Waals surface area contributed by atoms with E-state index in [1.165, 1.54) is 56.9 Å². The van der Waals surface area contributed by atoms with Crippen molar-refractivity contribution in [1.29, 1.82) is 0 Å². The van der Waals surface area contributed by atoms with Gasteiger partial charge in [0.2, 0.25) is 0 Å². The monoisotopic (exact) mass is 468 g/mol. The summed E-state index contributed by atoms with van der Waals surface area (Å²) in [6.07, 6.45) is 13.9. The van der Waals surface area contributed by atoms with Crippen LogP contribution >= 0.6 is 0 Å². The topological polar surface area (TPSA) is 0 Å². The van der Waals surface area contributed by atoms with Gasteiger partial charge in [-0.05, 0) is 134 Å². The predicted molar refractivity (Wildman–Crippen MR) is 150 cm³/mol. The minimum atomic E-state index is 0.445. The lowest BCUT2D eigenvalue weighted by atomic mass is 9.32. The van der Waals surface area contributed by atoms with Crippen molar-refractivity contribution in [1.82, 2.24) is 0 Å². The molecule has 4 rings (SSSR count). The highest BCUT2D eigenvalue weighted by molar-refractivity contribution is 5.19. The van der Waals surface area contributed by atoms with Gasteiger partial charge in [-0.25, -0.2) is 0 Å². The zero-order chi connectivity index (χ0) is 25.5. The second-order valence-corrected chi connectivity index (χ2v) is 16.5. The molecule has 0 aromatic rings. The van der Waals surface area contributed by atoms with Crippen LogP contribution in [0.15, 0.2) is 11.6 Å². The normalized spacial score (nSPS) is 50.2. The van der Waals surface area contributed by atoms with Crippen molar-refractivity contribution in [3.63, 3.8) is 0 Å². The Balaban J connectivity index is 1.70. The summed E-state index contributed by atoms with van der Waals surface area (Å²) in [7, 11) is 0. The largest absolute Gasteiger partial charge is 0.0859 e. The second-order valence-electron chi connectivity index (χ2n) is 16.5. The van der Waals surface area contributed by atoms with E-state index >= 15 is 0 Å². The Morgan fingerprint density at radius 2 is 1.53 bits per heavy atom. The smallest absolute Gasteiger partial charge is 0.0233 e. The Labute approximate surface area is 214 Å². The van der Waals surface area contributed by atoms with Gasteiger partial charge in [0.15, 0.2) is 0 Å². The maximum absolute atomic E-state index is 2.80. The molecule has 0 nitrogen and oxygen atoms in total. The van der Waals surface area contributed by atoms with Crippen LogP contribution in [0.4, 0.5) is 0 Å². The van der Waals surface area contributed by atoms with Crippen molar-refractivity contribution in [3.8, 4) is 0 Å². The van der Waals surface area contributed by atoms with Gasteiger partial charge in [-0.15, -0.1) is 0 Å². The molecule has 0 heterocycles. The van der Waals surface area contributed by atoms with Crippen LogP contribution in [0.25, 0.3) is 0 Å². The van der Waals surface area contributed by atoms with Crippen LogP contribution in [0.1, 0.15) is 134 Å². The summed E-state index contributed by atoms with van der Waals surface area (Å²) in [4.78, 5) is 0. The van der Waals surface area contributed by atoms with Crippen molar-refractivity contribution in [2.45, 2.75) is 134 Å². The number of allylic oxidation sites excluding steroid dienone is 2. The number of rotatable bonds is 4. The summed E-state index contributed by atoms with van der Waals surface area (Å²) in [6.45, 7) is 31.3. The molecule has 0 heteroatoms. The fraction of sp³-hybridized carbons (Fsp3) is 0.941. The summed E-state index contributed by atoms with van der Waals surface area (Å²) in [6, 6.07) is 0. The fourth-order valence-electron chi connectivity index (χ4n) is 12.1. The molecule has 10 atom stereocenters. The lowest BCUT2D eigenvalue weighted by Gasteiger charge is -2.72. The third-order valence-corrected chi connectivity index (χ3v) is 13.8. The molecule has 0 N–H and O–H groups in total. The molecule has 0 aromatic heterocycles. The van der Waals surface area contributed by atoms with E-state index in [4.69, 9.17) is 0 Å². The zero-order valence-corrected chi connectivity index (χ0v) is 25.3. The average molecular weight is 469 g/mol. The molecule has 34 heavy (non-hydrogen) atoms. The van der Waals surface area contributed by atoms with E-state index in [-0.39, 0.29) is 0 Å². The molecule has 0 radical (unpaired) electrons. The minimum Gasteiger partial charge on any atom is -0.0859 e. The maximum atomic E-state index is 2.80. The summed E-state index contributed by atoms with van der Waals surface area (Å²) < 4.78 is 0. The Hall–Kier alpha value is -0.260. The Bertz CT molecular complexity index is 795. The molecule has 4 fully saturated rings. The number of hydrogen-bond acceptors (Lipinski definition) is 0. The van der Waals surface area contributed by atoms with Gasteiger partial charge in [-0.3, -0.25) is 0 Å². The third kappa shape index (κ3) is 3.64. The van der Waals surface area contributed by atoms with Crippen molar-refractivity contribution in [2.24, 2.45) is 68.5 Å². The quantitative estimate of drug-likeness (QED) is 0.360. The molecule has 0 bridgehead atoms. The molecule has 0 amide bonds. The third-order valence-electron chi connectivity index (χ3n) is 13.8. The van der Waals surface area contributed by atoms with E-state index < -0.39 is 0 Å². The predicted octanol–water partition coefficient (Wildman–Crippen LogP) is 10.6. The van der Waals surface area contributed by atoms with Crippen molar-refractivity contribution in [2.75, 3.05) is 0 Å². The van der Waals surface area contributed by atoms with E-state index in [9.17, 15) is 0 Å². The van der Waals surface area contributed by atoms with Crippen LogP contribution in [0, 0.1) is 68.5 Å². The SMILES string of the molecule is CC(C)=CCCC(C)(C)[C@H]1CC[C@]2(C)C1[C@H](C)CC1[C@@]3(C)CC[C@H](C)C(C)(C)[C@@H]3[C@@H](C)C[C@]12C. The molecule has 0 aliphatic heterocycles. The molecule has 4 aliphatic rings. The maximum Gasteiger partial charge on any atom is -0.0233 e. The summed E-state index contributed by atoms with van der Waals surface area (Å²) in [5.74, 6) is 6.15. The van der Waals surface area contributed by atoms with Gasteiger partial charge in [-0.1, -0.05) is 80.9 Å². The molecule has 2 unspecified atom stereocenters. The van der Waals surface area contributed by atoms with Crippen molar-refractivity contribution < 1.29 is 0 Å². The lowest BCUT2D eigenvalue weighted by Crippen LogP contribution is -2.66. The van der Waals surface area contributed by atoms with Crippen LogP contribution in [-0.4, -0.2) is 0 Å². The van der Waals surface area contributed by atoms with Gasteiger partial charge in [0.1, 0.15) is 0 Å². The van der Waals surface area contributed by atoms with E-state index in [1.807, 2.05) is 0 Å². The Kier molecular flexibility index (Phi) is 6.60. The zero-order valence-electron chi connectivity index (χ0n) is 25.3. The van der Waals surface area contributed by atoms with Crippen LogP contribution in [-0.2, 0) is 0 Å². The first kappa shape index (κ1) is 26.8. The van der Waals surface area contributed by atoms with Crippen LogP contribution in [0.5, 0.6) is 0 Å². The highest BCUT2D eigenvalue weighted by Gasteiger charge is 2.71. The first-order valence-electron chi connectivity index (χ1n) is 15.2. The molecule has 0 aromatic carbocycles. The second kappa shape index (κ2) is 8.38. The van der Waals surface area contributed by atoms with Crippen molar-refractivity contribution in [3.05, 3.63) is 11.6 Å². The Morgan fingerprint density at radius 1 is 0.882 bits per heavy atom.